The summed E-state index contributed by atoms with van der Waals surface area (Å²) in [6.45, 7) is 4.25. The van der Waals surface area contributed by atoms with Crippen LogP contribution < -0.4 is 5.32 Å². The van der Waals surface area contributed by atoms with Gasteiger partial charge in [-0.15, -0.1) is 0 Å². The van der Waals surface area contributed by atoms with Crippen LogP contribution in [0.15, 0.2) is 40.4 Å². The molecule has 21 heavy (non-hydrogen) atoms. The van der Waals surface area contributed by atoms with Crippen molar-refractivity contribution in [2.75, 3.05) is 19.4 Å². The molecule has 1 aromatic carbocycles. The van der Waals surface area contributed by atoms with Crippen LogP contribution in [0, 0.1) is 0 Å². The fraction of sp³-hybridized carbons (Fsp3) is 0.312. The first-order chi connectivity index (χ1) is 10.2. The topological polar surface area (TPSA) is 50.2 Å². The van der Waals surface area contributed by atoms with Gasteiger partial charge in [0.05, 0.1) is 5.52 Å². The van der Waals surface area contributed by atoms with Gasteiger partial charge in [0.1, 0.15) is 5.04 Å². The van der Waals surface area contributed by atoms with E-state index in [1.807, 2.05) is 26.4 Å². The Bertz CT molecular complexity index is 692. The van der Waals surface area contributed by atoms with Crippen molar-refractivity contribution in [3.8, 4) is 0 Å². The lowest BCUT2D eigenvalue weighted by molar-refractivity contribution is 1.19. The highest BCUT2D eigenvalue weighted by molar-refractivity contribution is 8.17. The van der Waals surface area contributed by atoms with E-state index in [9.17, 15) is 0 Å². The van der Waals surface area contributed by atoms with E-state index < -0.39 is 0 Å². The van der Waals surface area contributed by atoms with E-state index in [0.29, 0.717) is 5.95 Å². The van der Waals surface area contributed by atoms with Gasteiger partial charge in [-0.2, -0.15) is 0 Å². The van der Waals surface area contributed by atoms with E-state index >= 15 is 0 Å². The zero-order chi connectivity index (χ0) is 15.2. The number of hydrogen-bond acceptors (Lipinski definition) is 5. The molecule has 0 bridgehead atoms. The van der Waals surface area contributed by atoms with Crippen LogP contribution >= 0.6 is 11.8 Å². The molecule has 110 valence electrons. The van der Waals surface area contributed by atoms with Crippen molar-refractivity contribution in [3.05, 3.63) is 40.9 Å². The predicted octanol–water partition coefficient (Wildman–Crippen LogP) is 4.09. The predicted molar refractivity (Wildman–Crippen MR) is 93.2 cm³/mol. The maximum Gasteiger partial charge on any atom is 0.222 e. The summed E-state index contributed by atoms with van der Waals surface area (Å²) < 4.78 is 0. The van der Waals surface area contributed by atoms with Crippen molar-refractivity contribution in [2.24, 2.45) is 4.99 Å². The minimum absolute atomic E-state index is 0.629. The van der Waals surface area contributed by atoms with Crippen LogP contribution in [-0.4, -0.2) is 29.1 Å². The average molecular weight is 300 g/mol. The maximum absolute atomic E-state index is 4.49. The first-order valence-corrected chi connectivity index (χ1v) is 7.76. The molecule has 0 fully saturated rings. The fourth-order valence-electron chi connectivity index (χ4n) is 1.99. The Hall–Kier alpha value is -1.88. The molecule has 0 unspecified atom stereocenters. The normalized spacial score (nSPS) is 12.8. The molecular formula is C16H20N4S. The molecule has 1 N–H and O–H groups in total. The lowest BCUT2D eigenvalue weighted by atomic mass is 10.2. The van der Waals surface area contributed by atoms with Crippen molar-refractivity contribution < 1.29 is 0 Å². The third-order valence-electron chi connectivity index (χ3n) is 3.01. The second kappa shape index (κ2) is 7.22. The van der Waals surface area contributed by atoms with E-state index in [1.54, 1.807) is 11.8 Å². The zero-order valence-electron chi connectivity index (χ0n) is 12.8. The molecule has 0 aliphatic carbocycles. The van der Waals surface area contributed by atoms with Gasteiger partial charge in [0.2, 0.25) is 5.95 Å². The summed E-state index contributed by atoms with van der Waals surface area (Å²) in [5.41, 5.74) is 2.00. The fourth-order valence-corrected chi connectivity index (χ4v) is 2.88. The molecule has 0 aliphatic heterocycles. The molecule has 5 heteroatoms. The van der Waals surface area contributed by atoms with Gasteiger partial charge < -0.3 is 5.32 Å². The molecule has 4 nitrogen and oxygen atoms in total. The summed E-state index contributed by atoms with van der Waals surface area (Å²) in [4.78, 5) is 14.4. The number of aliphatic imine (C=N–C) groups is 1. The van der Waals surface area contributed by atoms with Crippen molar-refractivity contribution in [2.45, 2.75) is 20.3 Å². The van der Waals surface area contributed by atoms with Crippen LogP contribution in [0.3, 0.4) is 0 Å². The lowest BCUT2D eigenvalue weighted by Crippen LogP contribution is -1.99. The number of rotatable bonds is 4. The molecule has 2 rings (SSSR count). The number of thioether (sulfide) groups is 1. The largest absolute Gasteiger partial charge is 0.357 e. The van der Waals surface area contributed by atoms with Gasteiger partial charge >= 0.3 is 0 Å². The molecule has 0 radical (unpaired) electrons. The number of fused-ring (bicyclic) bond motifs is 1. The molecule has 0 amide bonds. The minimum atomic E-state index is 0.629. The number of nitrogens with zero attached hydrogens (tertiary/aromatic N) is 3. The Kier molecular flexibility index (Phi) is 5.33. The molecule has 0 aliphatic rings. The van der Waals surface area contributed by atoms with Crippen molar-refractivity contribution in [1.82, 2.24) is 9.97 Å². The van der Waals surface area contributed by atoms with Crippen molar-refractivity contribution in [1.29, 1.82) is 0 Å². The summed E-state index contributed by atoms with van der Waals surface area (Å²) in [5, 5.41) is 4.99. The van der Waals surface area contributed by atoms with Crippen LogP contribution in [0.2, 0.25) is 0 Å². The summed E-state index contributed by atoms with van der Waals surface area (Å²) in [7, 11) is 3.64. The number of hydrogen-bond donors (Lipinski definition) is 1. The van der Waals surface area contributed by atoms with Gasteiger partial charge in [-0.3, -0.25) is 4.99 Å². The highest BCUT2D eigenvalue weighted by Gasteiger charge is 2.07. The Labute approximate surface area is 129 Å². The molecule has 0 atom stereocenters. The van der Waals surface area contributed by atoms with Gasteiger partial charge in [0.25, 0.3) is 0 Å². The lowest BCUT2D eigenvalue weighted by Gasteiger charge is -2.08. The van der Waals surface area contributed by atoms with Gasteiger partial charge in [-0.25, -0.2) is 9.97 Å². The number of aromatic nitrogens is 2. The average Bonchev–Trinajstić information content (AvgIpc) is 2.51. The number of benzene rings is 1. The Morgan fingerprint density at radius 2 is 2.24 bits per heavy atom. The van der Waals surface area contributed by atoms with Crippen molar-refractivity contribution >= 4 is 33.7 Å². The number of anilines is 1. The molecule has 0 saturated carbocycles. The summed E-state index contributed by atoms with van der Waals surface area (Å²) in [5.74, 6) is 0.629. The zero-order valence-corrected chi connectivity index (χ0v) is 13.7. The molecule has 0 spiro atoms. The van der Waals surface area contributed by atoms with Crippen LogP contribution in [-0.2, 0) is 0 Å². The third kappa shape index (κ3) is 3.82. The highest BCUT2D eigenvalue weighted by atomic mass is 32.2. The van der Waals surface area contributed by atoms with Crippen LogP contribution in [0.25, 0.3) is 10.9 Å². The van der Waals surface area contributed by atoms with E-state index in [1.165, 1.54) is 4.91 Å². The van der Waals surface area contributed by atoms with Gasteiger partial charge in [0, 0.05) is 31.2 Å². The smallest absolute Gasteiger partial charge is 0.222 e. The second-order valence-corrected chi connectivity index (χ2v) is 5.81. The molecule has 1 aromatic heterocycles. The van der Waals surface area contributed by atoms with Crippen molar-refractivity contribution in [3.63, 3.8) is 0 Å². The third-order valence-corrected chi connectivity index (χ3v) is 4.11. The van der Waals surface area contributed by atoms with Gasteiger partial charge in [0.15, 0.2) is 0 Å². The van der Waals surface area contributed by atoms with Gasteiger partial charge in [-0.1, -0.05) is 36.9 Å². The maximum atomic E-state index is 4.49. The van der Waals surface area contributed by atoms with Gasteiger partial charge in [-0.05, 0) is 24.3 Å². The molecule has 0 saturated heterocycles. The van der Waals surface area contributed by atoms with E-state index in [0.717, 1.165) is 27.9 Å². The Balaban J connectivity index is 2.38. The second-order valence-electron chi connectivity index (χ2n) is 4.57. The number of allylic oxidation sites excluding steroid dienone is 2. The first-order valence-electron chi connectivity index (χ1n) is 6.94. The molecular weight excluding hydrogens is 280 g/mol. The SMILES string of the molecule is CC/C=C(\C)SC(=NC)c1ccc2cnc(NC)nc2c1. The highest BCUT2D eigenvalue weighted by Crippen LogP contribution is 2.24. The summed E-state index contributed by atoms with van der Waals surface area (Å²) in [6.07, 6.45) is 5.07. The first kappa shape index (κ1) is 15.5. The van der Waals surface area contributed by atoms with Crippen LogP contribution in [0.4, 0.5) is 5.95 Å². The van der Waals surface area contributed by atoms with E-state index in [4.69, 9.17) is 0 Å². The van der Waals surface area contributed by atoms with Crippen LogP contribution in [0.1, 0.15) is 25.8 Å². The quantitative estimate of drug-likeness (QED) is 0.682. The molecule has 2 aromatic rings. The summed E-state index contributed by atoms with van der Waals surface area (Å²) >= 11 is 1.69. The monoisotopic (exact) mass is 300 g/mol. The van der Waals surface area contributed by atoms with E-state index in [2.05, 4.69) is 52.3 Å². The van der Waals surface area contributed by atoms with Crippen LogP contribution in [0.5, 0.6) is 0 Å². The molecule has 1 heterocycles. The summed E-state index contributed by atoms with van der Waals surface area (Å²) in [6, 6.07) is 6.17. The standard InChI is InChI=1S/C16H20N4S/c1-5-6-11(2)21-15(17-3)12-7-8-13-10-19-16(18-4)20-14(13)9-12/h6-10H,5H2,1-4H3,(H,18,19,20)/b11-6+,17-15?. The minimum Gasteiger partial charge on any atom is -0.357 e. The Morgan fingerprint density at radius 3 is 2.90 bits per heavy atom. The van der Waals surface area contributed by atoms with E-state index in [-0.39, 0.29) is 0 Å². The number of nitrogens with one attached hydrogen (secondary N) is 1. The Morgan fingerprint density at radius 1 is 1.43 bits per heavy atom.